The van der Waals surface area contributed by atoms with Crippen LogP contribution in [0.3, 0.4) is 0 Å². The summed E-state index contributed by atoms with van der Waals surface area (Å²) in [6.07, 6.45) is -1.42. The number of β-amino-alcohol motifs (C(OH)–C–C–N with tert-alkyl or cyclic N) is 1. The Hall–Kier alpha value is -3.43. The van der Waals surface area contributed by atoms with Crippen LogP contribution in [0.5, 0.6) is 0 Å². The summed E-state index contributed by atoms with van der Waals surface area (Å²) < 4.78 is 5.59. The molecule has 3 N–H and O–H groups in total. The molecule has 2 aromatic carbocycles. The molecule has 0 saturated carbocycles. The van der Waals surface area contributed by atoms with E-state index in [-0.39, 0.29) is 31.9 Å². The number of carbonyl (C=O) groups excluding carboxylic acids is 2. The molecule has 186 valence electrons. The zero-order chi connectivity index (χ0) is 25.1. The number of likely N-dealkylation sites (tertiary alicyclic amines) is 1. The van der Waals surface area contributed by atoms with Crippen LogP contribution in [0.25, 0.3) is 11.1 Å². The summed E-state index contributed by atoms with van der Waals surface area (Å²) in [5.41, 5.74) is 4.39. The van der Waals surface area contributed by atoms with E-state index in [1.807, 2.05) is 67.5 Å². The second kappa shape index (κ2) is 10.5. The van der Waals surface area contributed by atoms with E-state index in [2.05, 4.69) is 5.32 Å². The first-order valence-corrected chi connectivity index (χ1v) is 11.7. The van der Waals surface area contributed by atoms with Gasteiger partial charge in [-0.1, -0.05) is 48.5 Å². The molecule has 0 radical (unpaired) electrons. The van der Waals surface area contributed by atoms with Crippen LogP contribution in [-0.2, 0) is 14.3 Å². The second-order valence-corrected chi connectivity index (χ2v) is 9.35. The fourth-order valence-electron chi connectivity index (χ4n) is 4.92. The number of nitrogens with one attached hydrogen (secondary N) is 1. The zero-order valence-electron chi connectivity index (χ0n) is 19.9. The maximum absolute atomic E-state index is 13.2. The molecule has 35 heavy (non-hydrogen) atoms. The third-order valence-corrected chi connectivity index (χ3v) is 6.65. The molecule has 3 unspecified atom stereocenters. The van der Waals surface area contributed by atoms with Gasteiger partial charge in [0.05, 0.1) is 6.10 Å². The minimum absolute atomic E-state index is 0.0353. The van der Waals surface area contributed by atoms with Crippen LogP contribution in [0, 0.1) is 0 Å². The number of benzene rings is 2. The number of nitrogens with zero attached hydrogens (tertiary/aromatic N) is 2. The number of ether oxygens (including phenoxy) is 1. The van der Waals surface area contributed by atoms with Gasteiger partial charge in [-0.15, -0.1) is 0 Å². The summed E-state index contributed by atoms with van der Waals surface area (Å²) in [5.74, 6) is -1.83. The van der Waals surface area contributed by atoms with E-state index < -0.39 is 36.2 Å². The molecule has 3 atom stereocenters. The van der Waals surface area contributed by atoms with Crippen LogP contribution in [0.1, 0.15) is 29.9 Å². The van der Waals surface area contributed by atoms with Gasteiger partial charge in [-0.2, -0.15) is 0 Å². The molecule has 4 rings (SSSR count). The zero-order valence-corrected chi connectivity index (χ0v) is 19.9. The number of carboxylic acid groups (broad SMARTS) is 1. The molecular formula is C26H31N3O6. The van der Waals surface area contributed by atoms with Crippen molar-refractivity contribution in [1.29, 1.82) is 0 Å². The molecule has 2 aliphatic rings. The molecule has 0 aromatic heterocycles. The fraction of sp³-hybridized carbons (Fsp3) is 0.423. The van der Waals surface area contributed by atoms with Crippen LogP contribution < -0.4 is 5.32 Å². The lowest BCUT2D eigenvalue weighted by Gasteiger charge is -2.28. The van der Waals surface area contributed by atoms with Crippen LogP contribution in [0.15, 0.2) is 48.5 Å². The molecule has 1 aliphatic heterocycles. The number of aliphatic hydroxyl groups excluding tert-OH is 1. The van der Waals surface area contributed by atoms with E-state index in [0.29, 0.717) is 6.54 Å². The number of aliphatic carboxylic acids is 1. The van der Waals surface area contributed by atoms with Crippen LogP contribution in [0.4, 0.5) is 4.79 Å². The van der Waals surface area contributed by atoms with Gasteiger partial charge in [0.1, 0.15) is 18.7 Å². The van der Waals surface area contributed by atoms with Crippen molar-refractivity contribution >= 4 is 18.0 Å². The molecule has 2 aromatic rings. The summed E-state index contributed by atoms with van der Waals surface area (Å²) in [7, 11) is 3.68. The number of carbonyl (C=O) groups is 3. The Morgan fingerprint density at radius 2 is 1.69 bits per heavy atom. The lowest BCUT2D eigenvalue weighted by molar-refractivity contribution is -0.149. The predicted molar refractivity (Wildman–Crippen MR) is 129 cm³/mol. The average molecular weight is 482 g/mol. The van der Waals surface area contributed by atoms with E-state index in [4.69, 9.17) is 4.74 Å². The lowest BCUT2D eigenvalue weighted by atomic mass is 9.98. The minimum Gasteiger partial charge on any atom is -0.480 e. The van der Waals surface area contributed by atoms with Crippen LogP contribution in [0.2, 0.25) is 0 Å². The number of aliphatic hydroxyl groups is 1. The first kappa shape index (κ1) is 24.7. The summed E-state index contributed by atoms with van der Waals surface area (Å²) in [6.45, 7) is 0.517. The molecule has 9 nitrogen and oxygen atoms in total. The summed E-state index contributed by atoms with van der Waals surface area (Å²) in [5, 5.41) is 22.1. The Kier molecular flexibility index (Phi) is 7.37. The first-order chi connectivity index (χ1) is 16.8. The summed E-state index contributed by atoms with van der Waals surface area (Å²) in [4.78, 5) is 40.6. The van der Waals surface area contributed by atoms with Gasteiger partial charge < -0.3 is 30.1 Å². The number of alkyl carbamates (subject to hydrolysis) is 1. The molecule has 1 saturated heterocycles. The Morgan fingerprint density at radius 3 is 2.26 bits per heavy atom. The Balaban J connectivity index is 1.45. The number of amides is 2. The van der Waals surface area contributed by atoms with Gasteiger partial charge in [0.15, 0.2) is 0 Å². The highest BCUT2D eigenvalue weighted by Crippen LogP contribution is 2.44. The Bertz CT molecular complexity index is 1060. The molecule has 2 amide bonds. The number of hydrogen-bond acceptors (Lipinski definition) is 6. The number of carboxylic acids is 1. The minimum atomic E-state index is -1.18. The quantitative estimate of drug-likeness (QED) is 0.527. The predicted octanol–water partition coefficient (Wildman–Crippen LogP) is 1.89. The molecule has 1 aliphatic carbocycles. The Labute approximate surface area is 204 Å². The standard InChI is InChI=1S/C26H31N3O6/c1-28(2)12-11-22(24(31)29-14-16(30)13-23(29)25(32)33)27-26(34)35-15-21-19-9-5-3-7-17(19)18-8-4-6-10-20(18)21/h3-10,16,21-23,30H,11-15H2,1-2H3,(H,27,34)(H,32,33). The smallest absolute Gasteiger partial charge is 0.407 e. The summed E-state index contributed by atoms with van der Waals surface area (Å²) in [6, 6.07) is 13.9. The lowest BCUT2D eigenvalue weighted by Crippen LogP contribution is -2.52. The van der Waals surface area contributed by atoms with Crippen molar-refractivity contribution in [3.05, 3.63) is 59.7 Å². The normalized spacial score (nSPS) is 19.8. The van der Waals surface area contributed by atoms with Gasteiger partial charge in [-0.05, 0) is 49.3 Å². The first-order valence-electron chi connectivity index (χ1n) is 11.7. The molecule has 1 heterocycles. The highest BCUT2D eigenvalue weighted by atomic mass is 16.5. The van der Waals surface area contributed by atoms with E-state index in [1.54, 1.807) is 0 Å². The van der Waals surface area contributed by atoms with Gasteiger partial charge in [-0.25, -0.2) is 9.59 Å². The van der Waals surface area contributed by atoms with Crippen molar-refractivity contribution in [2.45, 2.75) is 36.9 Å². The van der Waals surface area contributed by atoms with Crippen molar-refractivity contribution in [3.8, 4) is 11.1 Å². The maximum Gasteiger partial charge on any atom is 0.407 e. The molecular weight excluding hydrogens is 450 g/mol. The largest absolute Gasteiger partial charge is 0.480 e. The van der Waals surface area contributed by atoms with E-state index in [0.717, 1.165) is 27.2 Å². The van der Waals surface area contributed by atoms with Crippen LogP contribution in [-0.4, -0.2) is 90.0 Å². The third-order valence-electron chi connectivity index (χ3n) is 6.65. The molecule has 1 fully saturated rings. The van der Waals surface area contributed by atoms with Gasteiger partial charge in [-0.3, -0.25) is 4.79 Å². The number of rotatable bonds is 8. The summed E-state index contributed by atoms with van der Waals surface area (Å²) >= 11 is 0. The average Bonchev–Trinajstić information content (AvgIpc) is 3.38. The topological polar surface area (TPSA) is 119 Å². The van der Waals surface area contributed by atoms with E-state index >= 15 is 0 Å². The molecule has 0 spiro atoms. The van der Waals surface area contributed by atoms with Crippen molar-refractivity contribution in [2.75, 3.05) is 33.8 Å². The number of fused-ring (bicyclic) bond motifs is 3. The third kappa shape index (κ3) is 5.31. The van der Waals surface area contributed by atoms with E-state index in [1.165, 1.54) is 0 Å². The van der Waals surface area contributed by atoms with E-state index in [9.17, 15) is 24.6 Å². The monoisotopic (exact) mass is 481 g/mol. The van der Waals surface area contributed by atoms with Crippen molar-refractivity contribution in [3.63, 3.8) is 0 Å². The van der Waals surface area contributed by atoms with Gasteiger partial charge >= 0.3 is 12.1 Å². The maximum atomic E-state index is 13.2. The Morgan fingerprint density at radius 1 is 1.09 bits per heavy atom. The second-order valence-electron chi connectivity index (χ2n) is 9.35. The van der Waals surface area contributed by atoms with Crippen molar-refractivity contribution in [1.82, 2.24) is 15.1 Å². The van der Waals surface area contributed by atoms with Gasteiger partial charge in [0.2, 0.25) is 5.91 Å². The highest BCUT2D eigenvalue weighted by Gasteiger charge is 2.41. The van der Waals surface area contributed by atoms with Gasteiger partial charge in [0, 0.05) is 18.9 Å². The highest BCUT2D eigenvalue weighted by molar-refractivity contribution is 5.90. The van der Waals surface area contributed by atoms with Gasteiger partial charge in [0.25, 0.3) is 0 Å². The molecule has 9 heteroatoms. The SMILES string of the molecule is CN(C)CCC(NC(=O)OCC1c2ccccc2-c2ccccc21)C(=O)N1CC(O)CC1C(=O)O. The molecule has 0 bridgehead atoms. The van der Waals surface area contributed by atoms with Crippen LogP contribution >= 0.6 is 0 Å². The fourth-order valence-corrected chi connectivity index (χ4v) is 4.92. The van der Waals surface area contributed by atoms with Crippen molar-refractivity contribution in [2.24, 2.45) is 0 Å². The van der Waals surface area contributed by atoms with Crippen molar-refractivity contribution < 1.29 is 29.3 Å². The number of hydrogen-bond donors (Lipinski definition) is 3.